The summed E-state index contributed by atoms with van der Waals surface area (Å²) in [5.74, 6) is -1.31. The van der Waals surface area contributed by atoms with Crippen LogP contribution in [0.15, 0.2) is 12.1 Å². The van der Waals surface area contributed by atoms with Gasteiger partial charge in [0.2, 0.25) is 0 Å². The van der Waals surface area contributed by atoms with Crippen molar-refractivity contribution in [2.24, 2.45) is 0 Å². The molecule has 0 aromatic carbocycles. The molecule has 0 aliphatic carbocycles. The molecule has 0 saturated carbocycles. The van der Waals surface area contributed by atoms with Crippen molar-refractivity contribution in [1.29, 1.82) is 0 Å². The van der Waals surface area contributed by atoms with Gasteiger partial charge in [0, 0.05) is 7.05 Å². The molecule has 94 valence electrons. The summed E-state index contributed by atoms with van der Waals surface area (Å²) >= 11 is 5.48. The molecule has 0 fully saturated rings. The van der Waals surface area contributed by atoms with E-state index < -0.39 is 22.7 Å². The normalized spacial score (nSPS) is 11.5. The molecule has 1 heterocycles. The number of hydrogen-bond donors (Lipinski definition) is 2. The van der Waals surface area contributed by atoms with Crippen molar-refractivity contribution in [3.8, 4) is 0 Å². The van der Waals surface area contributed by atoms with Gasteiger partial charge in [-0.05, 0) is 12.1 Å². The SMILES string of the molecule is CN(CC(=O)O)S(=O)(=O)Nc1ccc(Cl)nn1. The summed E-state index contributed by atoms with van der Waals surface area (Å²) in [5.41, 5.74) is 0. The molecule has 0 spiro atoms. The first-order chi connectivity index (χ1) is 7.81. The van der Waals surface area contributed by atoms with Gasteiger partial charge >= 0.3 is 16.2 Å². The number of nitrogens with one attached hydrogen (secondary N) is 1. The summed E-state index contributed by atoms with van der Waals surface area (Å²) in [6, 6.07) is 2.66. The lowest BCUT2D eigenvalue weighted by Gasteiger charge is -2.15. The number of anilines is 1. The smallest absolute Gasteiger partial charge is 0.318 e. The molecule has 17 heavy (non-hydrogen) atoms. The molecule has 0 unspecified atom stereocenters. The van der Waals surface area contributed by atoms with Crippen molar-refractivity contribution >= 4 is 33.6 Å². The molecule has 0 radical (unpaired) electrons. The van der Waals surface area contributed by atoms with Crippen molar-refractivity contribution in [2.45, 2.75) is 0 Å². The van der Waals surface area contributed by atoms with Crippen molar-refractivity contribution in [3.63, 3.8) is 0 Å². The van der Waals surface area contributed by atoms with Gasteiger partial charge in [0.05, 0.1) is 0 Å². The molecule has 8 nitrogen and oxygen atoms in total. The molecule has 1 rings (SSSR count). The lowest BCUT2D eigenvalue weighted by Crippen LogP contribution is -2.36. The van der Waals surface area contributed by atoms with Crippen LogP contribution in [0.25, 0.3) is 0 Å². The van der Waals surface area contributed by atoms with Gasteiger partial charge in [-0.3, -0.25) is 9.52 Å². The maximum Gasteiger partial charge on any atom is 0.318 e. The number of carboxylic acids is 1. The van der Waals surface area contributed by atoms with E-state index in [2.05, 4.69) is 14.9 Å². The minimum atomic E-state index is -3.96. The molecule has 0 saturated heterocycles. The first kappa shape index (κ1) is 13.6. The fourth-order valence-corrected chi connectivity index (χ4v) is 1.77. The number of carbonyl (C=O) groups is 1. The van der Waals surface area contributed by atoms with E-state index in [4.69, 9.17) is 16.7 Å². The van der Waals surface area contributed by atoms with Crippen LogP contribution in [0.5, 0.6) is 0 Å². The predicted molar refractivity (Wildman–Crippen MR) is 59.9 cm³/mol. The van der Waals surface area contributed by atoms with Gasteiger partial charge in [0.15, 0.2) is 11.0 Å². The number of rotatable bonds is 5. The van der Waals surface area contributed by atoms with E-state index in [1.165, 1.54) is 12.1 Å². The Morgan fingerprint density at radius 3 is 2.65 bits per heavy atom. The van der Waals surface area contributed by atoms with Crippen LogP contribution in [0.4, 0.5) is 5.82 Å². The lowest BCUT2D eigenvalue weighted by molar-refractivity contribution is -0.137. The summed E-state index contributed by atoms with van der Waals surface area (Å²) < 4.78 is 25.8. The number of nitrogens with zero attached hydrogens (tertiary/aromatic N) is 3. The highest BCUT2D eigenvalue weighted by atomic mass is 35.5. The second-order valence-electron chi connectivity index (χ2n) is 3.00. The van der Waals surface area contributed by atoms with E-state index in [9.17, 15) is 13.2 Å². The van der Waals surface area contributed by atoms with Crippen LogP contribution in [0.3, 0.4) is 0 Å². The van der Waals surface area contributed by atoms with Crippen LogP contribution in [0.2, 0.25) is 5.15 Å². The van der Waals surface area contributed by atoms with Crippen LogP contribution in [-0.2, 0) is 15.0 Å². The third kappa shape index (κ3) is 4.13. The maximum atomic E-state index is 11.6. The monoisotopic (exact) mass is 280 g/mol. The van der Waals surface area contributed by atoms with Crippen LogP contribution >= 0.6 is 11.6 Å². The molecule has 0 amide bonds. The molecular weight excluding hydrogens is 272 g/mol. The third-order valence-electron chi connectivity index (χ3n) is 1.63. The molecule has 1 aromatic heterocycles. The summed E-state index contributed by atoms with van der Waals surface area (Å²) in [5, 5.41) is 15.5. The van der Waals surface area contributed by atoms with E-state index >= 15 is 0 Å². The summed E-state index contributed by atoms with van der Waals surface area (Å²) in [4.78, 5) is 10.4. The zero-order valence-corrected chi connectivity index (χ0v) is 10.2. The van der Waals surface area contributed by atoms with Gasteiger partial charge in [0.25, 0.3) is 0 Å². The molecular formula is C7H9ClN4O4S. The second kappa shape index (κ2) is 5.25. The maximum absolute atomic E-state index is 11.6. The number of aliphatic carboxylic acids is 1. The Morgan fingerprint density at radius 2 is 2.18 bits per heavy atom. The van der Waals surface area contributed by atoms with Crippen molar-refractivity contribution in [1.82, 2.24) is 14.5 Å². The van der Waals surface area contributed by atoms with E-state index in [1.54, 1.807) is 0 Å². The van der Waals surface area contributed by atoms with Crippen LogP contribution in [-0.4, -0.2) is 47.6 Å². The number of likely N-dealkylation sites (N-methyl/N-ethyl adjacent to an activating group) is 1. The Balaban J connectivity index is 2.79. The van der Waals surface area contributed by atoms with Crippen LogP contribution in [0, 0.1) is 0 Å². The summed E-state index contributed by atoms with van der Waals surface area (Å²) in [6.07, 6.45) is 0. The van der Waals surface area contributed by atoms with Crippen molar-refractivity contribution in [3.05, 3.63) is 17.3 Å². The highest BCUT2D eigenvalue weighted by molar-refractivity contribution is 7.90. The van der Waals surface area contributed by atoms with Crippen LogP contribution < -0.4 is 4.72 Å². The molecule has 2 N–H and O–H groups in total. The summed E-state index contributed by atoms with van der Waals surface area (Å²) in [7, 11) is -2.84. The van der Waals surface area contributed by atoms with E-state index in [-0.39, 0.29) is 11.0 Å². The molecule has 1 aromatic rings. The van der Waals surface area contributed by atoms with Crippen LogP contribution in [0.1, 0.15) is 0 Å². The minimum absolute atomic E-state index is 0.0494. The predicted octanol–water partition coefficient (Wildman–Crippen LogP) is -0.197. The molecule has 0 aliphatic rings. The van der Waals surface area contributed by atoms with Gasteiger partial charge in [-0.15, -0.1) is 10.2 Å². The third-order valence-corrected chi connectivity index (χ3v) is 3.25. The lowest BCUT2D eigenvalue weighted by atomic mass is 10.5. The Morgan fingerprint density at radius 1 is 1.53 bits per heavy atom. The summed E-state index contributed by atoms with van der Waals surface area (Å²) in [6.45, 7) is -0.656. The second-order valence-corrected chi connectivity index (χ2v) is 5.16. The highest BCUT2D eigenvalue weighted by Gasteiger charge is 2.20. The van der Waals surface area contributed by atoms with Gasteiger partial charge in [0.1, 0.15) is 6.54 Å². The fourth-order valence-electron chi connectivity index (χ4n) is 0.856. The Labute approximate surface area is 102 Å². The average molecular weight is 281 g/mol. The van der Waals surface area contributed by atoms with Gasteiger partial charge in [-0.2, -0.15) is 12.7 Å². The fraction of sp³-hybridized carbons (Fsp3) is 0.286. The van der Waals surface area contributed by atoms with Gasteiger partial charge < -0.3 is 5.11 Å². The van der Waals surface area contributed by atoms with Crippen molar-refractivity contribution < 1.29 is 18.3 Å². The standard InChI is InChI=1S/C7H9ClN4O4S/c1-12(4-7(13)14)17(15,16)11-6-3-2-5(8)9-10-6/h2-3H,4H2,1H3,(H,10,11)(H,13,14). The highest BCUT2D eigenvalue weighted by Crippen LogP contribution is 2.09. The molecule has 0 atom stereocenters. The molecule has 0 bridgehead atoms. The Hall–Kier alpha value is -1.45. The molecule has 0 aliphatic heterocycles. The van der Waals surface area contributed by atoms with Gasteiger partial charge in [-0.25, -0.2) is 0 Å². The topological polar surface area (TPSA) is 112 Å². The number of hydrogen-bond acceptors (Lipinski definition) is 5. The van der Waals surface area contributed by atoms with Gasteiger partial charge in [-0.1, -0.05) is 11.6 Å². The largest absolute Gasteiger partial charge is 0.480 e. The molecule has 10 heteroatoms. The average Bonchev–Trinajstić information content (AvgIpc) is 2.20. The number of carboxylic acid groups (broad SMARTS) is 1. The zero-order valence-electron chi connectivity index (χ0n) is 8.66. The first-order valence-electron chi connectivity index (χ1n) is 4.26. The minimum Gasteiger partial charge on any atom is -0.480 e. The quantitative estimate of drug-likeness (QED) is 0.772. The van der Waals surface area contributed by atoms with E-state index in [0.29, 0.717) is 4.31 Å². The zero-order chi connectivity index (χ0) is 13.1. The van der Waals surface area contributed by atoms with E-state index in [1.807, 2.05) is 0 Å². The first-order valence-corrected chi connectivity index (χ1v) is 6.08. The Bertz CT molecular complexity index is 503. The Kier molecular flexibility index (Phi) is 4.21. The van der Waals surface area contributed by atoms with E-state index in [0.717, 1.165) is 7.05 Å². The van der Waals surface area contributed by atoms with Crippen molar-refractivity contribution in [2.75, 3.05) is 18.3 Å². The number of aromatic nitrogens is 2. The number of halogens is 1.